The lowest BCUT2D eigenvalue weighted by atomic mass is 10.1. The Morgan fingerprint density at radius 2 is 2.12 bits per heavy atom. The number of amides is 1. The van der Waals surface area contributed by atoms with Crippen LogP contribution in [0.3, 0.4) is 0 Å². The zero-order chi connectivity index (χ0) is 11.9. The molecule has 2 aromatic heterocycles. The molecule has 5 nitrogen and oxygen atoms in total. The van der Waals surface area contributed by atoms with E-state index in [1.807, 2.05) is 27.7 Å². The van der Waals surface area contributed by atoms with Crippen LogP contribution in [-0.4, -0.2) is 22.1 Å². The molecule has 0 atom stereocenters. The minimum absolute atomic E-state index is 0.0898. The predicted molar refractivity (Wildman–Crippen MR) is 60.4 cm³/mol. The quantitative estimate of drug-likeness (QED) is 0.813. The van der Waals surface area contributed by atoms with E-state index in [1.54, 1.807) is 0 Å². The van der Waals surface area contributed by atoms with Crippen LogP contribution in [0.1, 0.15) is 35.7 Å². The van der Waals surface area contributed by atoms with Gasteiger partial charge in [-0.15, -0.1) is 5.10 Å². The summed E-state index contributed by atoms with van der Waals surface area (Å²) in [5.74, 6) is 0.160. The molecule has 86 valence electrons. The number of hydrogen-bond donors (Lipinski definition) is 2. The number of furan rings is 1. The third-order valence-corrected chi connectivity index (χ3v) is 2.45. The fourth-order valence-electron chi connectivity index (χ4n) is 1.75. The lowest BCUT2D eigenvalue weighted by Gasteiger charge is -2.06. The highest BCUT2D eigenvalue weighted by Crippen LogP contribution is 2.25. The van der Waals surface area contributed by atoms with Gasteiger partial charge in [0.05, 0.1) is 5.39 Å². The van der Waals surface area contributed by atoms with Crippen molar-refractivity contribution in [2.75, 3.05) is 0 Å². The SMILES string of the molecule is Cc1[nH]nc2oc(C(=O)NC(C)C)c(C)c12. The number of aryl methyl sites for hydroxylation is 2. The van der Waals surface area contributed by atoms with E-state index in [1.165, 1.54) is 0 Å². The monoisotopic (exact) mass is 221 g/mol. The smallest absolute Gasteiger partial charge is 0.287 e. The summed E-state index contributed by atoms with van der Waals surface area (Å²) in [6.07, 6.45) is 0. The molecular weight excluding hydrogens is 206 g/mol. The second-order valence-electron chi connectivity index (χ2n) is 4.21. The van der Waals surface area contributed by atoms with Gasteiger partial charge >= 0.3 is 0 Å². The number of carbonyl (C=O) groups is 1. The second-order valence-corrected chi connectivity index (χ2v) is 4.21. The number of aromatic amines is 1. The highest BCUT2D eigenvalue weighted by Gasteiger charge is 2.20. The number of aromatic nitrogens is 2. The van der Waals surface area contributed by atoms with Crippen molar-refractivity contribution in [1.82, 2.24) is 15.5 Å². The number of nitrogens with zero attached hydrogens (tertiary/aromatic N) is 1. The van der Waals surface area contributed by atoms with Crippen molar-refractivity contribution < 1.29 is 9.21 Å². The molecule has 16 heavy (non-hydrogen) atoms. The van der Waals surface area contributed by atoms with Crippen molar-refractivity contribution in [3.8, 4) is 0 Å². The van der Waals surface area contributed by atoms with Gasteiger partial charge in [-0.3, -0.25) is 9.89 Å². The van der Waals surface area contributed by atoms with E-state index in [0.29, 0.717) is 11.5 Å². The first-order valence-electron chi connectivity index (χ1n) is 5.25. The molecule has 0 aliphatic rings. The topological polar surface area (TPSA) is 70.9 Å². The molecule has 0 saturated carbocycles. The Morgan fingerprint density at radius 3 is 2.69 bits per heavy atom. The van der Waals surface area contributed by atoms with Gasteiger partial charge in [0.25, 0.3) is 5.91 Å². The molecular formula is C11H15N3O2. The van der Waals surface area contributed by atoms with Crippen LogP contribution in [0.2, 0.25) is 0 Å². The van der Waals surface area contributed by atoms with Crippen LogP contribution in [0, 0.1) is 13.8 Å². The summed E-state index contributed by atoms with van der Waals surface area (Å²) in [5.41, 5.74) is 2.24. The van der Waals surface area contributed by atoms with Gasteiger partial charge in [0, 0.05) is 17.3 Å². The fourth-order valence-corrected chi connectivity index (χ4v) is 1.75. The zero-order valence-electron chi connectivity index (χ0n) is 9.84. The average Bonchev–Trinajstić information content (AvgIpc) is 2.68. The molecule has 0 aliphatic heterocycles. The van der Waals surface area contributed by atoms with Crippen LogP contribution in [0.4, 0.5) is 0 Å². The summed E-state index contributed by atoms with van der Waals surface area (Å²) in [6, 6.07) is 0.0898. The minimum atomic E-state index is -0.190. The maximum absolute atomic E-state index is 11.8. The first-order chi connectivity index (χ1) is 7.50. The molecule has 2 heterocycles. The first kappa shape index (κ1) is 10.7. The number of H-pyrrole nitrogens is 1. The summed E-state index contributed by atoms with van der Waals surface area (Å²) in [4.78, 5) is 11.8. The number of nitrogens with one attached hydrogen (secondary N) is 2. The van der Waals surface area contributed by atoms with E-state index in [9.17, 15) is 4.79 Å². The van der Waals surface area contributed by atoms with Crippen molar-refractivity contribution >= 4 is 17.0 Å². The Kier molecular flexibility index (Phi) is 2.46. The van der Waals surface area contributed by atoms with Crippen LogP contribution in [0.25, 0.3) is 11.1 Å². The van der Waals surface area contributed by atoms with Gasteiger partial charge in [-0.1, -0.05) is 0 Å². The molecule has 2 N–H and O–H groups in total. The van der Waals surface area contributed by atoms with E-state index in [2.05, 4.69) is 15.5 Å². The van der Waals surface area contributed by atoms with Gasteiger partial charge < -0.3 is 9.73 Å². The Hall–Kier alpha value is -1.78. The zero-order valence-corrected chi connectivity index (χ0v) is 9.84. The molecule has 5 heteroatoms. The molecule has 0 spiro atoms. The van der Waals surface area contributed by atoms with Crippen molar-refractivity contribution in [2.24, 2.45) is 0 Å². The number of carbonyl (C=O) groups excluding carboxylic acids is 1. The number of fused-ring (bicyclic) bond motifs is 1. The van der Waals surface area contributed by atoms with Crippen molar-refractivity contribution in [2.45, 2.75) is 33.7 Å². The van der Waals surface area contributed by atoms with Gasteiger partial charge in [-0.25, -0.2) is 0 Å². The molecule has 0 aliphatic carbocycles. The highest BCUT2D eigenvalue weighted by atomic mass is 16.4. The lowest BCUT2D eigenvalue weighted by Crippen LogP contribution is -2.30. The van der Waals surface area contributed by atoms with E-state index >= 15 is 0 Å². The Balaban J connectivity index is 2.45. The molecule has 1 amide bonds. The molecule has 0 saturated heterocycles. The Morgan fingerprint density at radius 1 is 1.44 bits per heavy atom. The van der Waals surface area contributed by atoms with Gasteiger partial charge in [0.15, 0.2) is 5.76 Å². The van der Waals surface area contributed by atoms with Crippen molar-refractivity contribution in [3.05, 3.63) is 17.0 Å². The average molecular weight is 221 g/mol. The van der Waals surface area contributed by atoms with Gasteiger partial charge in [0.2, 0.25) is 5.71 Å². The molecule has 0 bridgehead atoms. The molecule has 0 radical (unpaired) electrons. The van der Waals surface area contributed by atoms with Crippen LogP contribution < -0.4 is 5.32 Å². The Labute approximate surface area is 93.2 Å². The second kappa shape index (κ2) is 3.66. The molecule has 2 aromatic rings. The summed E-state index contributed by atoms with van der Waals surface area (Å²) >= 11 is 0. The maximum Gasteiger partial charge on any atom is 0.287 e. The van der Waals surface area contributed by atoms with E-state index in [4.69, 9.17) is 4.42 Å². The van der Waals surface area contributed by atoms with Gasteiger partial charge in [0.1, 0.15) is 0 Å². The van der Waals surface area contributed by atoms with Crippen LogP contribution in [-0.2, 0) is 0 Å². The van der Waals surface area contributed by atoms with Crippen LogP contribution in [0.5, 0.6) is 0 Å². The van der Waals surface area contributed by atoms with E-state index < -0.39 is 0 Å². The van der Waals surface area contributed by atoms with Crippen LogP contribution in [0.15, 0.2) is 4.42 Å². The van der Waals surface area contributed by atoms with Gasteiger partial charge in [-0.2, -0.15) is 0 Å². The van der Waals surface area contributed by atoms with Crippen molar-refractivity contribution in [1.29, 1.82) is 0 Å². The molecule has 0 aromatic carbocycles. The molecule has 2 rings (SSSR count). The lowest BCUT2D eigenvalue weighted by molar-refractivity contribution is 0.0916. The normalized spacial score (nSPS) is 11.3. The standard InChI is InChI=1S/C11H15N3O2/c1-5(2)12-10(15)9-6(3)8-7(4)13-14-11(8)16-9/h5H,1-4H3,(H,12,15)(H,13,14). The Bertz CT molecular complexity index is 537. The predicted octanol–water partition coefficient (Wildman–Crippen LogP) is 1.91. The fraction of sp³-hybridized carbons (Fsp3) is 0.455. The summed E-state index contributed by atoms with van der Waals surface area (Å²) < 4.78 is 5.43. The molecule has 0 unspecified atom stereocenters. The maximum atomic E-state index is 11.8. The van der Waals surface area contributed by atoms with E-state index in [-0.39, 0.29) is 11.9 Å². The summed E-state index contributed by atoms with van der Waals surface area (Å²) in [5, 5.41) is 10.5. The highest BCUT2D eigenvalue weighted by molar-refractivity contribution is 5.98. The third kappa shape index (κ3) is 1.58. The first-order valence-corrected chi connectivity index (χ1v) is 5.25. The number of rotatable bonds is 2. The minimum Gasteiger partial charge on any atom is -0.431 e. The largest absolute Gasteiger partial charge is 0.431 e. The van der Waals surface area contributed by atoms with Crippen molar-refractivity contribution in [3.63, 3.8) is 0 Å². The third-order valence-electron chi connectivity index (χ3n) is 2.45. The molecule has 0 fully saturated rings. The van der Waals surface area contributed by atoms with Crippen LogP contribution >= 0.6 is 0 Å². The van der Waals surface area contributed by atoms with Gasteiger partial charge in [-0.05, 0) is 27.7 Å². The summed E-state index contributed by atoms with van der Waals surface area (Å²) in [6.45, 7) is 7.59. The number of hydrogen-bond acceptors (Lipinski definition) is 3. The van der Waals surface area contributed by atoms with E-state index in [0.717, 1.165) is 16.6 Å². The summed E-state index contributed by atoms with van der Waals surface area (Å²) in [7, 11) is 0.